The molecular formula is C21H25N3O2. The minimum Gasteiger partial charge on any atom is -0.378 e. The van der Waals surface area contributed by atoms with E-state index in [9.17, 15) is 4.79 Å². The molecule has 2 saturated heterocycles. The van der Waals surface area contributed by atoms with Crippen molar-refractivity contribution >= 4 is 11.5 Å². The first-order valence-corrected chi connectivity index (χ1v) is 9.65. The van der Waals surface area contributed by atoms with Gasteiger partial charge in [0.25, 0.3) is 5.56 Å². The van der Waals surface area contributed by atoms with Gasteiger partial charge in [0, 0.05) is 43.5 Å². The quantitative estimate of drug-likeness (QED) is 0.918. The van der Waals surface area contributed by atoms with Crippen LogP contribution in [0.2, 0.25) is 0 Å². The van der Waals surface area contributed by atoms with E-state index in [4.69, 9.17) is 4.74 Å². The van der Waals surface area contributed by atoms with Crippen LogP contribution in [0.3, 0.4) is 0 Å². The van der Waals surface area contributed by atoms with Crippen LogP contribution in [0.15, 0.2) is 47.3 Å². The van der Waals surface area contributed by atoms with Gasteiger partial charge in [-0.1, -0.05) is 30.3 Å². The number of aromatic amines is 1. The number of rotatable bonds is 4. The molecule has 136 valence electrons. The minimum atomic E-state index is -0.0111. The van der Waals surface area contributed by atoms with Crippen LogP contribution in [0.25, 0.3) is 0 Å². The van der Waals surface area contributed by atoms with Crippen LogP contribution in [0, 0.1) is 11.8 Å². The lowest BCUT2D eigenvalue weighted by Crippen LogP contribution is -2.38. The summed E-state index contributed by atoms with van der Waals surface area (Å²) in [6.45, 7) is 4.22. The molecule has 1 N–H and O–H groups in total. The molecule has 1 aromatic heterocycles. The van der Waals surface area contributed by atoms with Crippen molar-refractivity contribution in [2.24, 2.45) is 11.8 Å². The van der Waals surface area contributed by atoms with Crippen molar-refractivity contribution < 1.29 is 4.74 Å². The van der Waals surface area contributed by atoms with Gasteiger partial charge in [0.1, 0.15) is 5.82 Å². The van der Waals surface area contributed by atoms with Gasteiger partial charge in [0.05, 0.1) is 13.2 Å². The molecule has 2 aromatic rings. The largest absolute Gasteiger partial charge is 0.378 e. The van der Waals surface area contributed by atoms with E-state index < -0.39 is 0 Å². The highest BCUT2D eigenvalue weighted by Crippen LogP contribution is 2.51. The van der Waals surface area contributed by atoms with Gasteiger partial charge in [-0.05, 0) is 30.2 Å². The molecule has 0 amide bonds. The number of pyridine rings is 1. The fraction of sp³-hybridized carbons (Fsp3) is 0.476. The fourth-order valence-electron chi connectivity index (χ4n) is 4.64. The zero-order valence-corrected chi connectivity index (χ0v) is 14.9. The maximum absolute atomic E-state index is 12.3. The van der Waals surface area contributed by atoms with Crippen LogP contribution in [-0.4, -0.2) is 43.9 Å². The Morgan fingerprint density at radius 3 is 2.73 bits per heavy atom. The Morgan fingerprint density at radius 2 is 1.92 bits per heavy atom. The average Bonchev–Trinajstić information content (AvgIpc) is 3.37. The van der Waals surface area contributed by atoms with E-state index in [2.05, 4.69) is 51.2 Å². The molecule has 1 aromatic carbocycles. The Morgan fingerprint density at radius 1 is 1.12 bits per heavy atom. The number of fused-ring (bicyclic) bond motifs is 1. The number of hydrogen-bond acceptors (Lipinski definition) is 4. The summed E-state index contributed by atoms with van der Waals surface area (Å²) in [5.41, 5.74) is 2.39. The number of piperidine rings is 1. The number of H-pyrrole nitrogens is 1. The topological polar surface area (TPSA) is 48.6 Å². The van der Waals surface area contributed by atoms with E-state index >= 15 is 0 Å². The molecular weight excluding hydrogens is 326 g/mol. The van der Waals surface area contributed by atoms with Crippen molar-refractivity contribution in [3.63, 3.8) is 0 Å². The monoisotopic (exact) mass is 351 g/mol. The van der Waals surface area contributed by atoms with E-state index in [1.54, 1.807) is 6.07 Å². The summed E-state index contributed by atoms with van der Waals surface area (Å²) in [5.74, 6) is 2.54. The van der Waals surface area contributed by atoms with Crippen LogP contribution in [-0.2, 0) is 11.2 Å². The lowest BCUT2D eigenvalue weighted by atomic mass is 10.0. The zero-order chi connectivity index (χ0) is 17.5. The van der Waals surface area contributed by atoms with Gasteiger partial charge < -0.3 is 19.5 Å². The number of morpholine rings is 1. The van der Waals surface area contributed by atoms with E-state index in [-0.39, 0.29) is 5.56 Å². The predicted octanol–water partition coefficient (Wildman–Crippen LogP) is 2.28. The van der Waals surface area contributed by atoms with E-state index in [0.717, 1.165) is 62.6 Å². The van der Waals surface area contributed by atoms with Crippen LogP contribution in [0.4, 0.5) is 11.5 Å². The molecule has 3 atom stereocenters. The van der Waals surface area contributed by atoms with Crippen LogP contribution >= 0.6 is 0 Å². The summed E-state index contributed by atoms with van der Waals surface area (Å²) < 4.78 is 5.45. The van der Waals surface area contributed by atoms with Gasteiger partial charge in [-0.3, -0.25) is 4.79 Å². The predicted molar refractivity (Wildman–Crippen MR) is 103 cm³/mol. The maximum Gasteiger partial charge on any atom is 0.251 e. The number of anilines is 2. The van der Waals surface area contributed by atoms with Crippen molar-refractivity contribution in [1.29, 1.82) is 0 Å². The van der Waals surface area contributed by atoms with Gasteiger partial charge in [0.15, 0.2) is 0 Å². The van der Waals surface area contributed by atoms with E-state index in [1.165, 1.54) is 12.0 Å². The Hall–Kier alpha value is -2.27. The number of nitrogens with one attached hydrogen (secondary N) is 1. The highest BCUT2D eigenvalue weighted by molar-refractivity contribution is 5.57. The number of benzene rings is 1. The van der Waals surface area contributed by atoms with Crippen LogP contribution < -0.4 is 15.4 Å². The summed E-state index contributed by atoms with van der Waals surface area (Å²) in [5, 5.41) is 0. The van der Waals surface area contributed by atoms with Crippen molar-refractivity contribution in [2.45, 2.75) is 18.9 Å². The summed E-state index contributed by atoms with van der Waals surface area (Å²) in [4.78, 5) is 20.1. The molecule has 3 fully saturated rings. The van der Waals surface area contributed by atoms with E-state index in [0.29, 0.717) is 6.04 Å². The first kappa shape index (κ1) is 15.9. The van der Waals surface area contributed by atoms with Crippen molar-refractivity contribution in [3.05, 3.63) is 58.4 Å². The third kappa shape index (κ3) is 3.01. The summed E-state index contributed by atoms with van der Waals surface area (Å²) in [7, 11) is 0. The Kier molecular flexibility index (Phi) is 3.97. The highest BCUT2D eigenvalue weighted by atomic mass is 16.5. The fourth-order valence-corrected chi connectivity index (χ4v) is 4.64. The summed E-state index contributed by atoms with van der Waals surface area (Å²) in [6, 6.07) is 15.1. The summed E-state index contributed by atoms with van der Waals surface area (Å²) in [6.07, 6.45) is 2.38. The van der Waals surface area contributed by atoms with Crippen molar-refractivity contribution in [2.75, 3.05) is 42.6 Å². The second kappa shape index (κ2) is 6.47. The third-order valence-electron chi connectivity index (χ3n) is 6.09. The molecule has 0 bridgehead atoms. The number of aromatic nitrogens is 1. The molecule has 3 aliphatic rings. The molecule has 1 saturated carbocycles. The zero-order valence-electron chi connectivity index (χ0n) is 14.9. The Bertz CT molecular complexity index is 829. The van der Waals surface area contributed by atoms with Crippen LogP contribution in [0.5, 0.6) is 0 Å². The molecule has 2 aliphatic heterocycles. The highest BCUT2D eigenvalue weighted by Gasteiger charge is 2.52. The molecule has 5 nitrogen and oxygen atoms in total. The molecule has 3 heterocycles. The molecule has 2 unspecified atom stereocenters. The first-order chi connectivity index (χ1) is 12.8. The molecule has 5 rings (SSSR count). The average molecular weight is 351 g/mol. The number of hydrogen-bond donors (Lipinski definition) is 1. The molecule has 5 heteroatoms. The maximum atomic E-state index is 12.3. The lowest BCUT2D eigenvalue weighted by molar-refractivity contribution is 0.122. The SMILES string of the molecule is O=c1cc(N2CCOCC2)cc(N2CC3CC3[C@H]2Cc2ccccc2)[nH]1. The minimum absolute atomic E-state index is 0.0111. The summed E-state index contributed by atoms with van der Waals surface area (Å²) >= 11 is 0. The van der Waals surface area contributed by atoms with Gasteiger partial charge in [-0.15, -0.1) is 0 Å². The second-order valence-corrected chi connectivity index (χ2v) is 7.76. The first-order valence-electron chi connectivity index (χ1n) is 9.65. The van der Waals surface area contributed by atoms with Gasteiger partial charge >= 0.3 is 0 Å². The lowest BCUT2D eigenvalue weighted by Gasteiger charge is -2.32. The Balaban J connectivity index is 1.43. The normalized spacial score (nSPS) is 27.5. The number of ether oxygens (including phenoxy) is 1. The van der Waals surface area contributed by atoms with Crippen LogP contribution in [0.1, 0.15) is 12.0 Å². The van der Waals surface area contributed by atoms with Gasteiger partial charge in [-0.2, -0.15) is 0 Å². The number of nitrogens with zero attached hydrogens (tertiary/aromatic N) is 2. The third-order valence-corrected chi connectivity index (χ3v) is 6.09. The molecule has 0 spiro atoms. The van der Waals surface area contributed by atoms with Crippen molar-refractivity contribution in [3.8, 4) is 0 Å². The molecule has 0 radical (unpaired) electrons. The molecule has 26 heavy (non-hydrogen) atoms. The van der Waals surface area contributed by atoms with Gasteiger partial charge in [-0.25, -0.2) is 0 Å². The van der Waals surface area contributed by atoms with Crippen molar-refractivity contribution in [1.82, 2.24) is 4.98 Å². The smallest absolute Gasteiger partial charge is 0.251 e. The van der Waals surface area contributed by atoms with E-state index in [1.807, 2.05) is 0 Å². The Labute approximate surface area is 153 Å². The molecule has 1 aliphatic carbocycles. The van der Waals surface area contributed by atoms with Gasteiger partial charge in [0.2, 0.25) is 0 Å². The standard InChI is InChI=1S/C21H25N3O2/c25-21-13-17(23-6-8-26-9-7-23)12-20(22-21)24-14-16-11-18(16)19(24)10-15-4-2-1-3-5-15/h1-5,12-13,16,18-19H,6-11,14H2,(H,22,25)/t16?,18?,19-/m1/s1. The second-order valence-electron chi connectivity index (χ2n) is 7.76.